The average molecular weight is 461 g/mol. The minimum absolute atomic E-state index is 0.0381. The maximum absolute atomic E-state index is 12.1. The predicted octanol–water partition coefficient (Wildman–Crippen LogP) is 4.12. The standard InChI is InChI=1S/C28H48N2O3/c1-17(14-18-8-13-33-26(18)32)21-4-5-22-20-16-25(31)24-15-19(30-12-11-29)6-9-28(24,3)23(20)7-10-27(21,22)2/h17-25,30-31H,4-16,29H2,1-3H3/t17-,18?,19+,20?,21-,22?,23?,24-,25-,27-,28-/m1/s1. The van der Waals surface area contributed by atoms with Crippen molar-refractivity contribution in [3.63, 3.8) is 0 Å². The smallest absolute Gasteiger partial charge is 0.309 e. The third-order valence-corrected chi connectivity index (χ3v) is 11.7. The average Bonchev–Trinajstić information content (AvgIpc) is 3.35. The van der Waals surface area contributed by atoms with E-state index in [2.05, 4.69) is 26.1 Å². The summed E-state index contributed by atoms with van der Waals surface area (Å²) in [4.78, 5) is 12.1. The van der Waals surface area contributed by atoms with Crippen LogP contribution in [0.4, 0.5) is 0 Å². The lowest BCUT2D eigenvalue weighted by Crippen LogP contribution is -2.59. The molecule has 0 aromatic rings. The highest BCUT2D eigenvalue weighted by Gasteiger charge is 2.62. The van der Waals surface area contributed by atoms with Crippen LogP contribution in [0.15, 0.2) is 0 Å². The van der Waals surface area contributed by atoms with E-state index in [1.165, 1.54) is 38.5 Å². The van der Waals surface area contributed by atoms with Crippen LogP contribution >= 0.6 is 0 Å². The number of aliphatic hydroxyl groups excluding tert-OH is 1. The number of esters is 1. The fourth-order valence-corrected chi connectivity index (χ4v) is 10.1. The number of ether oxygens (including phenoxy) is 1. The van der Waals surface area contributed by atoms with E-state index in [9.17, 15) is 9.90 Å². The van der Waals surface area contributed by atoms with Crippen molar-refractivity contribution in [1.82, 2.24) is 5.32 Å². The summed E-state index contributed by atoms with van der Waals surface area (Å²) in [7, 11) is 0. The highest BCUT2D eigenvalue weighted by molar-refractivity contribution is 5.74. The Bertz CT molecular complexity index is 730. The van der Waals surface area contributed by atoms with Crippen LogP contribution in [0.25, 0.3) is 0 Å². The van der Waals surface area contributed by atoms with Gasteiger partial charge in [-0.25, -0.2) is 0 Å². The summed E-state index contributed by atoms with van der Waals surface area (Å²) in [5.74, 6) is 4.04. The molecule has 1 saturated heterocycles. The largest absolute Gasteiger partial charge is 0.465 e. The number of hydrogen-bond donors (Lipinski definition) is 3. The Morgan fingerprint density at radius 2 is 1.82 bits per heavy atom. The van der Waals surface area contributed by atoms with Crippen LogP contribution in [0.5, 0.6) is 0 Å². The predicted molar refractivity (Wildman–Crippen MR) is 130 cm³/mol. The number of carbonyl (C=O) groups is 1. The van der Waals surface area contributed by atoms with Gasteiger partial charge in [0.25, 0.3) is 0 Å². The first-order chi connectivity index (χ1) is 15.8. The highest BCUT2D eigenvalue weighted by Crippen LogP contribution is 2.68. The molecule has 0 spiro atoms. The van der Waals surface area contributed by atoms with Crippen molar-refractivity contribution >= 4 is 5.97 Å². The highest BCUT2D eigenvalue weighted by atomic mass is 16.5. The third-order valence-electron chi connectivity index (χ3n) is 11.7. The van der Waals surface area contributed by atoms with Crippen LogP contribution in [0.3, 0.4) is 0 Å². The van der Waals surface area contributed by atoms with E-state index >= 15 is 0 Å². The molecule has 5 rings (SSSR count). The molecule has 4 aliphatic carbocycles. The molecule has 0 bridgehead atoms. The lowest BCUT2D eigenvalue weighted by atomic mass is 9.43. The second-order valence-electron chi connectivity index (χ2n) is 13.1. The normalized spacial score (nSPS) is 50.3. The van der Waals surface area contributed by atoms with Crippen molar-refractivity contribution in [2.24, 2.45) is 58.0 Å². The summed E-state index contributed by atoms with van der Waals surface area (Å²) in [6, 6.07) is 0.519. The molecule has 0 aromatic heterocycles. The molecular formula is C28H48N2O3. The number of cyclic esters (lactones) is 1. The molecule has 5 nitrogen and oxygen atoms in total. The molecule has 5 fully saturated rings. The van der Waals surface area contributed by atoms with Gasteiger partial charge in [-0.2, -0.15) is 0 Å². The van der Waals surface area contributed by atoms with Crippen molar-refractivity contribution < 1.29 is 14.6 Å². The van der Waals surface area contributed by atoms with Gasteiger partial charge in [-0.15, -0.1) is 0 Å². The van der Waals surface area contributed by atoms with Crippen molar-refractivity contribution in [2.45, 2.75) is 97.1 Å². The Kier molecular flexibility index (Phi) is 6.63. The van der Waals surface area contributed by atoms with E-state index in [1.807, 2.05) is 0 Å². The van der Waals surface area contributed by atoms with E-state index in [1.54, 1.807) is 0 Å². The Morgan fingerprint density at radius 1 is 1.06 bits per heavy atom. The van der Waals surface area contributed by atoms with Crippen molar-refractivity contribution in [3.8, 4) is 0 Å². The van der Waals surface area contributed by atoms with Gasteiger partial charge >= 0.3 is 5.97 Å². The van der Waals surface area contributed by atoms with Gasteiger partial charge in [0.15, 0.2) is 0 Å². The zero-order chi connectivity index (χ0) is 23.4. The van der Waals surface area contributed by atoms with Crippen LogP contribution in [0.1, 0.15) is 85.0 Å². The van der Waals surface area contributed by atoms with Gasteiger partial charge in [0.2, 0.25) is 0 Å². The maximum atomic E-state index is 12.1. The lowest BCUT2D eigenvalue weighted by molar-refractivity contribution is -0.163. The van der Waals surface area contributed by atoms with Crippen LogP contribution in [-0.4, -0.2) is 42.9 Å². The van der Waals surface area contributed by atoms with Gasteiger partial charge < -0.3 is 20.9 Å². The number of nitrogens with one attached hydrogen (secondary N) is 1. The molecule has 0 aromatic carbocycles. The Balaban J connectivity index is 1.30. The minimum Gasteiger partial charge on any atom is -0.465 e. The van der Waals surface area contributed by atoms with Crippen LogP contribution in [-0.2, 0) is 9.53 Å². The van der Waals surface area contributed by atoms with Gasteiger partial charge in [-0.1, -0.05) is 20.8 Å². The lowest BCUT2D eigenvalue weighted by Gasteiger charge is -2.62. The quantitative estimate of drug-likeness (QED) is 0.519. The number of aliphatic hydroxyl groups is 1. The molecule has 188 valence electrons. The van der Waals surface area contributed by atoms with E-state index in [0.29, 0.717) is 48.3 Å². The van der Waals surface area contributed by atoms with Gasteiger partial charge in [0, 0.05) is 19.1 Å². The fraction of sp³-hybridized carbons (Fsp3) is 0.964. The van der Waals surface area contributed by atoms with Gasteiger partial charge in [-0.05, 0) is 111 Å². The van der Waals surface area contributed by atoms with Crippen molar-refractivity contribution in [2.75, 3.05) is 19.7 Å². The molecule has 0 radical (unpaired) electrons. The molecule has 5 heteroatoms. The van der Waals surface area contributed by atoms with Crippen molar-refractivity contribution in [3.05, 3.63) is 0 Å². The molecule has 5 aliphatic rings. The molecule has 11 atom stereocenters. The molecule has 4 unspecified atom stereocenters. The topological polar surface area (TPSA) is 84.6 Å². The Hall–Kier alpha value is -0.650. The van der Waals surface area contributed by atoms with Gasteiger partial charge in [0.05, 0.1) is 18.6 Å². The molecule has 0 amide bonds. The van der Waals surface area contributed by atoms with Crippen LogP contribution in [0, 0.1) is 52.3 Å². The monoisotopic (exact) mass is 460 g/mol. The summed E-state index contributed by atoms with van der Waals surface area (Å²) < 4.78 is 5.26. The molecular weight excluding hydrogens is 412 g/mol. The Morgan fingerprint density at radius 3 is 2.55 bits per heavy atom. The SMILES string of the molecule is C[C@H](CC1CCOC1=O)[C@H]1CCC2C3C[C@@H](O)[C@H]4C[C@@H](NCCN)CC[C@]4(C)C3CC[C@@]21C. The Labute approximate surface area is 201 Å². The second kappa shape index (κ2) is 9.09. The molecule has 4 saturated carbocycles. The van der Waals surface area contributed by atoms with E-state index in [-0.39, 0.29) is 23.4 Å². The van der Waals surface area contributed by atoms with Gasteiger partial charge in [0.1, 0.15) is 0 Å². The number of nitrogens with two attached hydrogens (primary N) is 1. The second-order valence-corrected chi connectivity index (χ2v) is 13.1. The molecule has 4 N–H and O–H groups in total. The number of hydrogen-bond acceptors (Lipinski definition) is 5. The molecule has 1 aliphatic heterocycles. The maximum Gasteiger partial charge on any atom is 0.309 e. The number of fused-ring (bicyclic) bond motifs is 5. The fourth-order valence-electron chi connectivity index (χ4n) is 10.1. The zero-order valence-corrected chi connectivity index (χ0v) is 21.2. The molecule has 33 heavy (non-hydrogen) atoms. The first-order valence-electron chi connectivity index (χ1n) is 14.1. The summed E-state index contributed by atoms with van der Waals surface area (Å²) in [5, 5.41) is 15.1. The summed E-state index contributed by atoms with van der Waals surface area (Å²) >= 11 is 0. The number of rotatable bonds is 6. The van der Waals surface area contributed by atoms with Gasteiger partial charge in [-0.3, -0.25) is 4.79 Å². The zero-order valence-electron chi connectivity index (χ0n) is 21.2. The summed E-state index contributed by atoms with van der Waals surface area (Å²) in [6.07, 6.45) is 11.6. The van der Waals surface area contributed by atoms with Crippen molar-refractivity contribution in [1.29, 1.82) is 0 Å². The third kappa shape index (κ3) is 3.98. The summed E-state index contributed by atoms with van der Waals surface area (Å²) in [5.41, 5.74) is 6.38. The van der Waals surface area contributed by atoms with E-state index in [0.717, 1.165) is 44.1 Å². The first kappa shape index (κ1) is 24.1. The van der Waals surface area contributed by atoms with Crippen LogP contribution in [0.2, 0.25) is 0 Å². The first-order valence-corrected chi connectivity index (χ1v) is 14.1. The molecule has 1 heterocycles. The minimum atomic E-state index is -0.161. The van der Waals surface area contributed by atoms with E-state index in [4.69, 9.17) is 10.5 Å². The van der Waals surface area contributed by atoms with Crippen LogP contribution < -0.4 is 11.1 Å². The van der Waals surface area contributed by atoms with E-state index < -0.39 is 0 Å². The summed E-state index contributed by atoms with van der Waals surface area (Å²) in [6.45, 7) is 9.69. The number of carbonyl (C=O) groups excluding carboxylic acids is 1.